The number of aryl methyl sites for hydroxylation is 1. The Morgan fingerprint density at radius 2 is 2.04 bits per heavy atom. The van der Waals surface area contributed by atoms with Crippen LogP contribution in [0.15, 0.2) is 36.7 Å². The Kier molecular flexibility index (Phi) is 5.80. The molecule has 2 aromatic rings. The van der Waals surface area contributed by atoms with Gasteiger partial charge in [0.25, 0.3) is 0 Å². The largest absolute Gasteiger partial charge is 0.493 e. The van der Waals surface area contributed by atoms with Crippen LogP contribution >= 0.6 is 0 Å². The summed E-state index contributed by atoms with van der Waals surface area (Å²) in [5.74, 6) is -0.344. The zero-order valence-corrected chi connectivity index (χ0v) is 14.7. The Bertz CT molecular complexity index is 752. The number of carbonyl (C=O) groups excluding carboxylic acids is 1. The highest BCUT2D eigenvalue weighted by Crippen LogP contribution is 2.18. The number of carboxylic acids is 1. The van der Waals surface area contributed by atoms with E-state index in [0.717, 1.165) is 11.3 Å². The summed E-state index contributed by atoms with van der Waals surface area (Å²) < 4.78 is 6.96. The number of ether oxygens (including phenoxy) is 1. The van der Waals surface area contributed by atoms with E-state index < -0.39 is 11.5 Å². The van der Waals surface area contributed by atoms with Crippen molar-refractivity contribution < 1.29 is 19.4 Å². The van der Waals surface area contributed by atoms with Gasteiger partial charge in [0.1, 0.15) is 5.75 Å². The number of carbonyl (C=O) groups is 2. The van der Waals surface area contributed by atoms with E-state index in [9.17, 15) is 14.7 Å². The number of rotatable bonds is 8. The molecule has 1 amide bonds. The van der Waals surface area contributed by atoms with Crippen molar-refractivity contribution in [3.63, 3.8) is 0 Å². The summed E-state index contributed by atoms with van der Waals surface area (Å²) in [5, 5.41) is 15.9. The number of benzene rings is 1. The molecule has 7 nitrogen and oxygen atoms in total. The molecule has 1 heterocycles. The molecule has 25 heavy (non-hydrogen) atoms. The lowest BCUT2D eigenvalue weighted by molar-refractivity contribution is -0.146. The van der Waals surface area contributed by atoms with Gasteiger partial charge >= 0.3 is 5.97 Å². The molecule has 0 aliphatic heterocycles. The van der Waals surface area contributed by atoms with Crippen LogP contribution in [-0.2, 0) is 15.1 Å². The minimum atomic E-state index is -1.18. The number of aromatic nitrogens is 2. The monoisotopic (exact) mass is 345 g/mol. The van der Waals surface area contributed by atoms with Gasteiger partial charge in [0.15, 0.2) is 5.54 Å². The fraction of sp³-hybridized carbons (Fsp3) is 0.389. The minimum absolute atomic E-state index is 0.166. The molecule has 0 aliphatic rings. The van der Waals surface area contributed by atoms with Gasteiger partial charge in [-0.05, 0) is 38.8 Å². The van der Waals surface area contributed by atoms with Crippen LogP contribution in [0.25, 0.3) is 0 Å². The minimum Gasteiger partial charge on any atom is -0.493 e. The highest BCUT2D eigenvalue weighted by atomic mass is 16.5. The number of hydrogen-bond acceptors (Lipinski definition) is 4. The summed E-state index contributed by atoms with van der Waals surface area (Å²) in [6.45, 7) is 5.50. The van der Waals surface area contributed by atoms with Crippen LogP contribution in [0, 0.1) is 6.92 Å². The first-order valence-corrected chi connectivity index (χ1v) is 8.07. The molecule has 0 saturated carbocycles. The quantitative estimate of drug-likeness (QED) is 0.718. The summed E-state index contributed by atoms with van der Waals surface area (Å²) in [4.78, 5) is 23.2. The molecule has 2 rings (SSSR count). The van der Waals surface area contributed by atoms with E-state index in [0.29, 0.717) is 25.1 Å². The number of aliphatic carboxylic acids is 1. The standard InChI is InChI=1S/C18H23N3O4/c1-13-7-4-5-8-15(13)25-10-6-9-16(22)20-14-11-19-21(12-14)18(2,3)17(23)24/h4-5,7-8,11-12H,6,9-10H2,1-3H3,(H,20,22)(H,23,24). The highest BCUT2D eigenvalue weighted by Gasteiger charge is 2.30. The molecule has 134 valence electrons. The lowest BCUT2D eigenvalue weighted by Gasteiger charge is -2.19. The van der Waals surface area contributed by atoms with Crippen molar-refractivity contribution in [2.45, 2.75) is 39.2 Å². The molecule has 1 aromatic carbocycles. The molecule has 0 spiro atoms. The molecule has 2 N–H and O–H groups in total. The van der Waals surface area contributed by atoms with Gasteiger partial charge in [-0.3, -0.25) is 9.48 Å². The van der Waals surface area contributed by atoms with Gasteiger partial charge in [0.05, 0.1) is 18.5 Å². The summed E-state index contributed by atoms with van der Waals surface area (Å²) in [7, 11) is 0. The van der Waals surface area contributed by atoms with Crippen LogP contribution in [0.1, 0.15) is 32.3 Å². The topological polar surface area (TPSA) is 93.5 Å². The number of nitrogens with zero attached hydrogens (tertiary/aromatic N) is 2. The van der Waals surface area contributed by atoms with E-state index in [1.54, 1.807) is 0 Å². The lowest BCUT2D eigenvalue weighted by Crippen LogP contribution is -2.35. The maximum atomic E-state index is 12.0. The first kappa shape index (κ1) is 18.5. The highest BCUT2D eigenvalue weighted by molar-refractivity contribution is 5.90. The second kappa shape index (κ2) is 7.83. The van der Waals surface area contributed by atoms with Crippen molar-refractivity contribution >= 4 is 17.6 Å². The van der Waals surface area contributed by atoms with Gasteiger partial charge in [-0.25, -0.2) is 4.79 Å². The van der Waals surface area contributed by atoms with Crippen molar-refractivity contribution in [1.29, 1.82) is 0 Å². The molecule has 0 atom stereocenters. The second-order valence-corrected chi connectivity index (χ2v) is 6.30. The van der Waals surface area contributed by atoms with Crippen molar-refractivity contribution in [1.82, 2.24) is 9.78 Å². The second-order valence-electron chi connectivity index (χ2n) is 6.30. The number of carboxylic acid groups (broad SMARTS) is 1. The third-order valence-corrected chi connectivity index (χ3v) is 3.86. The summed E-state index contributed by atoms with van der Waals surface area (Å²) >= 11 is 0. The van der Waals surface area contributed by atoms with Gasteiger partial charge in [0, 0.05) is 12.6 Å². The van der Waals surface area contributed by atoms with Gasteiger partial charge in [-0.1, -0.05) is 18.2 Å². The fourth-order valence-corrected chi connectivity index (χ4v) is 2.15. The maximum Gasteiger partial charge on any atom is 0.331 e. The van der Waals surface area contributed by atoms with Crippen LogP contribution in [0.4, 0.5) is 5.69 Å². The van der Waals surface area contributed by atoms with Crippen LogP contribution in [0.5, 0.6) is 5.75 Å². The number of nitrogens with one attached hydrogen (secondary N) is 1. The number of amides is 1. The number of para-hydroxylation sites is 1. The predicted molar refractivity (Wildman–Crippen MR) is 93.7 cm³/mol. The normalized spacial score (nSPS) is 11.2. The molecule has 0 aliphatic carbocycles. The van der Waals surface area contributed by atoms with Gasteiger partial charge in [-0.2, -0.15) is 5.10 Å². The smallest absolute Gasteiger partial charge is 0.331 e. The van der Waals surface area contributed by atoms with E-state index >= 15 is 0 Å². The lowest BCUT2D eigenvalue weighted by atomic mass is 10.1. The van der Waals surface area contributed by atoms with Crippen molar-refractivity contribution in [3.8, 4) is 5.75 Å². The third-order valence-electron chi connectivity index (χ3n) is 3.86. The van der Waals surface area contributed by atoms with E-state index in [2.05, 4.69) is 10.4 Å². The van der Waals surface area contributed by atoms with Crippen LogP contribution < -0.4 is 10.1 Å². The van der Waals surface area contributed by atoms with Gasteiger partial charge in [0.2, 0.25) is 5.91 Å². The van der Waals surface area contributed by atoms with Crippen LogP contribution in [0.3, 0.4) is 0 Å². The average Bonchev–Trinajstić information content (AvgIpc) is 3.02. The van der Waals surface area contributed by atoms with Gasteiger partial charge < -0.3 is 15.2 Å². The molecule has 0 unspecified atom stereocenters. The molecule has 0 fully saturated rings. The molecule has 0 radical (unpaired) electrons. The molecular formula is C18H23N3O4. The molecule has 7 heteroatoms. The van der Waals surface area contributed by atoms with E-state index in [-0.39, 0.29) is 5.91 Å². The Hall–Kier alpha value is -2.83. The van der Waals surface area contributed by atoms with Gasteiger partial charge in [-0.15, -0.1) is 0 Å². The number of anilines is 1. The summed E-state index contributed by atoms with van der Waals surface area (Å²) in [5.41, 5.74) is 0.351. The molecular weight excluding hydrogens is 322 g/mol. The number of hydrogen-bond donors (Lipinski definition) is 2. The van der Waals surface area contributed by atoms with E-state index in [1.807, 2.05) is 31.2 Å². The maximum absolute atomic E-state index is 12.0. The van der Waals surface area contributed by atoms with E-state index in [1.165, 1.54) is 30.9 Å². The average molecular weight is 345 g/mol. The zero-order valence-electron chi connectivity index (χ0n) is 14.7. The van der Waals surface area contributed by atoms with Crippen LogP contribution in [0.2, 0.25) is 0 Å². The third kappa shape index (κ3) is 4.82. The Balaban J connectivity index is 1.78. The summed E-state index contributed by atoms with van der Waals surface area (Å²) in [6.07, 6.45) is 3.83. The Morgan fingerprint density at radius 1 is 1.32 bits per heavy atom. The van der Waals surface area contributed by atoms with Crippen molar-refractivity contribution in [3.05, 3.63) is 42.2 Å². The van der Waals surface area contributed by atoms with Crippen molar-refractivity contribution in [2.75, 3.05) is 11.9 Å². The SMILES string of the molecule is Cc1ccccc1OCCCC(=O)Nc1cnn(C(C)(C)C(=O)O)c1. The predicted octanol–water partition coefficient (Wildman–Crippen LogP) is 2.81. The van der Waals surface area contributed by atoms with Crippen LogP contribution in [-0.4, -0.2) is 33.4 Å². The Morgan fingerprint density at radius 3 is 2.72 bits per heavy atom. The fourth-order valence-electron chi connectivity index (χ4n) is 2.15. The molecule has 0 bridgehead atoms. The first-order chi connectivity index (χ1) is 11.8. The Labute approximate surface area is 146 Å². The summed E-state index contributed by atoms with van der Waals surface area (Å²) in [6, 6.07) is 7.72. The first-order valence-electron chi connectivity index (χ1n) is 8.07. The zero-order chi connectivity index (χ0) is 18.4. The molecule has 0 saturated heterocycles. The molecule has 1 aromatic heterocycles. The van der Waals surface area contributed by atoms with Crippen molar-refractivity contribution in [2.24, 2.45) is 0 Å². The van der Waals surface area contributed by atoms with E-state index in [4.69, 9.17) is 4.74 Å².